The highest BCUT2D eigenvalue weighted by Gasteiger charge is 2.31. The quantitative estimate of drug-likeness (QED) is 0.916. The lowest BCUT2D eigenvalue weighted by molar-refractivity contribution is -0.135. The standard InChI is InChI=1S/C14H18BrN3O2/c1-3-11(18-6-4-5-13(18)19)14(20)17-12-7-9(2)10(15)8-16-12/h7-8,11H,3-6H2,1-2H3,(H,16,17,20)/t11-/m0/s1. The number of anilines is 1. The van der Waals surface area contributed by atoms with Crippen molar-refractivity contribution in [1.29, 1.82) is 0 Å². The van der Waals surface area contributed by atoms with Gasteiger partial charge in [0.25, 0.3) is 0 Å². The van der Waals surface area contributed by atoms with Crippen LogP contribution in [0, 0.1) is 6.92 Å². The maximum Gasteiger partial charge on any atom is 0.248 e. The molecule has 2 amide bonds. The van der Waals surface area contributed by atoms with Gasteiger partial charge in [-0.25, -0.2) is 4.98 Å². The van der Waals surface area contributed by atoms with Gasteiger partial charge >= 0.3 is 0 Å². The fourth-order valence-corrected chi connectivity index (χ4v) is 2.58. The lowest BCUT2D eigenvalue weighted by atomic mass is 10.2. The number of carbonyl (C=O) groups excluding carboxylic acids is 2. The number of pyridine rings is 1. The van der Waals surface area contributed by atoms with Crippen molar-refractivity contribution in [2.24, 2.45) is 0 Å². The third-order valence-corrected chi connectivity index (χ3v) is 4.30. The van der Waals surface area contributed by atoms with Crippen molar-refractivity contribution < 1.29 is 9.59 Å². The van der Waals surface area contributed by atoms with Crippen molar-refractivity contribution >= 4 is 33.6 Å². The van der Waals surface area contributed by atoms with Gasteiger partial charge in [-0.3, -0.25) is 9.59 Å². The number of aryl methyl sites for hydroxylation is 1. The Morgan fingerprint density at radius 2 is 2.35 bits per heavy atom. The van der Waals surface area contributed by atoms with Crippen LogP contribution in [0.15, 0.2) is 16.7 Å². The monoisotopic (exact) mass is 339 g/mol. The molecule has 5 nitrogen and oxygen atoms in total. The third-order valence-electron chi connectivity index (χ3n) is 3.47. The number of aromatic nitrogens is 1. The Bertz CT molecular complexity index is 533. The average Bonchev–Trinajstić information content (AvgIpc) is 2.81. The number of carbonyl (C=O) groups is 2. The number of hydrogen-bond donors (Lipinski definition) is 1. The first-order valence-corrected chi connectivity index (χ1v) is 7.54. The van der Waals surface area contributed by atoms with Gasteiger partial charge in [0.15, 0.2) is 0 Å². The molecular formula is C14H18BrN3O2. The average molecular weight is 340 g/mol. The van der Waals surface area contributed by atoms with Gasteiger partial charge in [-0.05, 0) is 47.3 Å². The van der Waals surface area contributed by atoms with Crippen molar-refractivity contribution in [3.05, 3.63) is 22.3 Å². The van der Waals surface area contributed by atoms with Crippen LogP contribution < -0.4 is 5.32 Å². The van der Waals surface area contributed by atoms with Gasteiger partial charge in [0, 0.05) is 23.6 Å². The first kappa shape index (κ1) is 15.0. The topological polar surface area (TPSA) is 62.3 Å². The second kappa shape index (κ2) is 6.35. The summed E-state index contributed by atoms with van der Waals surface area (Å²) in [6, 6.07) is 1.40. The Kier molecular flexibility index (Phi) is 4.75. The number of hydrogen-bond acceptors (Lipinski definition) is 3. The molecule has 6 heteroatoms. The number of rotatable bonds is 4. The van der Waals surface area contributed by atoms with Crippen molar-refractivity contribution in [3.63, 3.8) is 0 Å². The highest BCUT2D eigenvalue weighted by atomic mass is 79.9. The van der Waals surface area contributed by atoms with Crippen LogP contribution in [0.5, 0.6) is 0 Å². The molecule has 108 valence electrons. The van der Waals surface area contributed by atoms with E-state index in [-0.39, 0.29) is 11.8 Å². The Labute approximate surface area is 126 Å². The van der Waals surface area contributed by atoms with E-state index >= 15 is 0 Å². The highest BCUT2D eigenvalue weighted by Crippen LogP contribution is 2.19. The Balaban J connectivity index is 2.09. The van der Waals surface area contributed by atoms with Gasteiger partial charge in [-0.1, -0.05) is 6.92 Å². The summed E-state index contributed by atoms with van der Waals surface area (Å²) in [5.74, 6) is 0.407. The fraction of sp³-hybridized carbons (Fsp3) is 0.500. The van der Waals surface area contributed by atoms with E-state index in [9.17, 15) is 9.59 Å². The minimum atomic E-state index is -0.407. The summed E-state index contributed by atoms with van der Waals surface area (Å²) in [7, 11) is 0. The van der Waals surface area contributed by atoms with Crippen molar-refractivity contribution in [2.75, 3.05) is 11.9 Å². The van der Waals surface area contributed by atoms with Gasteiger partial charge in [0.1, 0.15) is 11.9 Å². The minimum absolute atomic E-state index is 0.0620. The molecule has 1 aliphatic rings. The normalized spacial score (nSPS) is 16.4. The molecule has 1 N–H and O–H groups in total. The molecule has 2 rings (SSSR count). The highest BCUT2D eigenvalue weighted by molar-refractivity contribution is 9.10. The predicted octanol–water partition coefficient (Wildman–Crippen LogP) is 2.49. The zero-order valence-electron chi connectivity index (χ0n) is 11.6. The molecule has 20 heavy (non-hydrogen) atoms. The van der Waals surface area contributed by atoms with E-state index in [0.717, 1.165) is 16.5 Å². The summed E-state index contributed by atoms with van der Waals surface area (Å²) < 4.78 is 0.900. The SMILES string of the molecule is CC[C@@H](C(=O)Nc1cc(C)c(Br)cn1)N1CCCC1=O. The number of nitrogens with one attached hydrogen (secondary N) is 1. The van der Waals surface area contributed by atoms with Gasteiger partial charge < -0.3 is 10.2 Å². The third kappa shape index (κ3) is 3.17. The van der Waals surface area contributed by atoms with E-state index < -0.39 is 6.04 Å². The van der Waals surface area contributed by atoms with Gasteiger partial charge in [0.05, 0.1) is 0 Å². The van der Waals surface area contributed by atoms with Gasteiger partial charge in [0.2, 0.25) is 11.8 Å². The van der Waals surface area contributed by atoms with E-state index in [1.165, 1.54) is 0 Å². The van der Waals surface area contributed by atoms with Crippen molar-refractivity contribution in [3.8, 4) is 0 Å². The zero-order valence-corrected chi connectivity index (χ0v) is 13.2. The largest absolute Gasteiger partial charge is 0.331 e. The van der Waals surface area contributed by atoms with E-state index in [4.69, 9.17) is 0 Å². The van der Waals surface area contributed by atoms with Crippen LogP contribution in [-0.4, -0.2) is 34.3 Å². The molecule has 0 radical (unpaired) electrons. The molecular weight excluding hydrogens is 322 g/mol. The maximum atomic E-state index is 12.3. The van der Waals surface area contributed by atoms with Crippen LogP contribution in [0.25, 0.3) is 0 Å². The number of likely N-dealkylation sites (tertiary alicyclic amines) is 1. The summed E-state index contributed by atoms with van der Waals surface area (Å²) in [5, 5.41) is 2.79. The van der Waals surface area contributed by atoms with E-state index in [2.05, 4.69) is 26.2 Å². The van der Waals surface area contributed by atoms with Crippen LogP contribution >= 0.6 is 15.9 Å². The smallest absolute Gasteiger partial charge is 0.248 e. The first-order valence-electron chi connectivity index (χ1n) is 6.75. The lowest BCUT2D eigenvalue weighted by Gasteiger charge is -2.25. The zero-order chi connectivity index (χ0) is 14.7. The Morgan fingerprint density at radius 3 is 2.90 bits per heavy atom. The van der Waals surface area contributed by atoms with Gasteiger partial charge in [-0.2, -0.15) is 0 Å². The van der Waals surface area contributed by atoms with Crippen LogP contribution in [0.4, 0.5) is 5.82 Å². The number of amides is 2. The molecule has 0 aromatic carbocycles. The van der Waals surface area contributed by atoms with E-state index in [1.807, 2.05) is 13.8 Å². The molecule has 0 saturated carbocycles. The van der Waals surface area contributed by atoms with Crippen molar-refractivity contribution in [1.82, 2.24) is 9.88 Å². The molecule has 1 aliphatic heterocycles. The summed E-state index contributed by atoms with van der Waals surface area (Å²) in [4.78, 5) is 29.9. The molecule has 0 spiro atoms. The van der Waals surface area contributed by atoms with Crippen LogP contribution in [0.2, 0.25) is 0 Å². The molecule has 1 saturated heterocycles. The molecule has 0 unspecified atom stereocenters. The van der Waals surface area contributed by atoms with Gasteiger partial charge in [-0.15, -0.1) is 0 Å². The lowest BCUT2D eigenvalue weighted by Crippen LogP contribution is -2.44. The minimum Gasteiger partial charge on any atom is -0.331 e. The van der Waals surface area contributed by atoms with Crippen LogP contribution in [0.1, 0.15) is 31.7 Å². The second-order valence-corrected chi connectivity index (χ2v) is 5.78. The molecule has 0 bridgehead atoms. The Morgan fingerprint density at radius 1 is 1.60 bits per heavy atom. The summed E-state index contributed by atoms with van der Waals surface area (Å²) >= 11 is 3.37. The van der Waals surface area contributed by atoms with Crippen LogP contribution in [-0.2, 0) is 9.59 Å². The second-order valence-electron chi connectivity index (χ2n) is 4.92. The summed E-state index contributed by atoms with van der Waals surface area (Å²) in [6.07, 6.45) is 3.64. The fourth-order valence-electron chi connectivity index (χ4n) is 2.36. The molecule has 2 heterocycles. The summed E-state index contributed by atoms with van der Waals surface area (Å²) in [5.41, 5.74) is 1.00. The molecule has 1 fully saturated rings. The molecule has 1 aromatic rings. The van der Waals surface area contributed by atoms with E-state index in [1.54, 1.807) is 17.2 Å². The first-order chi connectivity index (χ1) is 9.52. The van der Waals surface area contributed by atoms with Crippen LogP contribution in [0.3, 0.4) is 0 Å². The molecule has 1 atom stereocenters. The molecule has 1 aromatic heterocycles. The maximum absolute atomic E-state index is 12.3. The van der Waals surface area contributed by atoms with E-state index in [0.29, 0.717) is 25.2 Å². The number of nitrogens with zero attached hydrogens (tertiary/aromatic N) is 2. The van der Waals surface area contributed by atoms with Crippen molar-refractivity contribution in [2.45, 2.75) is 39.2 Å². The Hall–Kier alpha value is -1.43. The predicted molar refractivity (Wildman–Crippen MR) is 80.3 cm³/mol. The number of halogens is 1. The summed E-state index contributed by atoms with van der Waals surface area (Å²) in [6.45, 7) is 4.51. The molecule has 0 aliphatic carbocycles.